The van der Waals surface area contributed by atoms with Crippen LogP contribution < -0.4 is 0 Å². The van der Waals surface area contributed by atoms with Gasteiger partial charge in [0.15, 0.2) is 12.1 Å². The van der Waals surface area contributed by atoms with E-state index in [0.29, 0.717) is 19.4 Å². The maximum absolute atomic E-state index is 11.6. The van der Waals surface area contributed by atoms with E-state index in [-0.39, 0.29) is 5.78 Å². The first-order valence-corrected chi connectivity index (χ1v) is 4.99. The first kappa shape index (κ1) is 9.62. The molecular formula is C11H14O3. The van der Waals surface area contributed by atoms with Gasteiger partial charge < -0.3 is 9.84 Å². The van der Waals surface area contributed by atoms with Crippen molar-refractivity contribution >= 4 is 5.78 Å². The second kappa shape index (κ2) is 3.67. The Hall–Kier alpha value is -0.930. The van der Waals surface area contributed by atoms with Gasteiger partial charge in [0, 0.05) is 12.0 Å². The Balaban J connectivity index is 2.41. The van der Waals surface area contributed by atoms with Crippen molar-refractivity contribution in [2.75, 3.05) is 6.61 Å². The number of Topliss-reactive ketones (excluding diaryl/α,β-unsaturated/α-hetero) is 1. The Morgan fingerprint density at radius 2 is 2.36 bits per heavy atom. The van der Waals surface area contributed by atoms with Gasteiger partial charge in [-0.2, -0.15) is 0 Å². The van der Waals surface area contributed by atoms with E-state index in [4.69, 9.17) is 4.74 Å². The Morgan fingerprint density at radius 1 is 1.57 bits per heavy atom. The van der Waals surface area contributed by atoms with Crippen molar-refractivity contribution in [1.82, 2.24) is 0 Å². The van der Waals surface area contributed by atoms with Crippen LogP contribution in [0.3, 0.4) is 0 Å². The standard InChI is InChI=1S/C11H14O3/c1-2-3-7-6-14-11(13)8-4-5-9(12)10(7)8/h3,11,13H,2,4-6H2,1H3/t11-/m0/s1. The third kappa shape index (κ3) is 1.42. The van der Waals surface area contributed by atoms with Gasteiger partial charge in [0.25, 0.3) is 0 Å². The molecule has 0 saturated heterocycles. The molecule has 1 heterocycles. The summed E-state index contributed by atoms with van der Waals surface area (Å²) in [6, 6.07) is 0. The molecule has 3 heteroatoms. The number of allylic oxidation sites excluding steroid dienone is 1. The van der Waals surface area contributed by atoms with Gasteiger partial charge in [-0.05, 0) is 24.0 Å². The predicted octanol–water partition coefficient (Wildman–Crippen LogP) is 1.33. The monoisotopic (exact) mass is 194 g/mol. The molecule has 0 spiro atoms. The minimum Gasteiger partial charge on any atom is -0.364 e. The maximum atomic E-state index is 11.6. The quantitative estimate of drug-likeness (QED) is 0.685. The number of hydrogen-bond acceptors (Lipinski definition) is 3. The number of rotatable bonds is 1. The van der Waals surface area contributed by atoms with E-state index >= 15 is 0 Å². The van der Waals surface area contributed by atoms with Crippen molar-refractivity contribution < 1.29 is 14.6 Å². The zero-order valence-corrected chi connectivity index (χ0v) is 8.25. The minimum absolute atomic E-state index is 0.155. The van der Waals surface area contributed by atoms with E-state index in [1.54, 1.807) is 0 Å². The highest BCUT2D eigenvalue weighted by Gasteiger charge is 2.33. The molecule has 0 saturated carbocycles. The first-order valence-electron chi connectivity index (χ1n) is 4.99. The summed E-state index contributed by atoms with van der Waals surface area (Å²) in [6.45, 7) is 2.39. The molecule has 1 aliphatic carbocycles. The van der Waals surface area contributed by atoms with Gasteiger partial charge in [-0.3, -0.25) is 4.79 Å². The van der Waals surface area contributed by atoms with Crippen LogP contribution in [-0.2, 0) is 9.53 Å². The Morgan fingerprint density at radius 3 is 3.07 bits per heavy atom. The number of hydrogen-bond donors (Lipinski definition) is 1. The Bertz CT molecular complexity index is 325. The van der Waals surface area contributed by atoms with E-state index in [2.05, 4.69) is 0 Å². The first-order chi connectivity index (χ1) is 6.74. The summed E-state index contributed by atoms with van der Waals surface area (Å²) < 4.78 is 5.18. The summed E-state index contributed by atoms with van der Waals surface area (Å²) in [4.78, 5) is 11.6. The van der Waals surface area contributed by atoms with Crippen LogP contribution in [-0.4, -0.2) is 23.8 Å². The zero-order chi connectivity index (χ0) is 10.1. The van der Waals surface area contributed by atoms with Gasteiger partial charge in [-0.1, -0.05) is 13.0 Å². The van der Waals surface area contributed by atoms with Crippen molar-refractivity contribution in [2.45, 2.75) is 32.5 Å². The summed E-state index contributed by atoms with van der Waals surface area (Å²) in [6.07, 6.45) is 3.21. The number of carbonyl (C=O) groups is 1. The number of aliphatic hydroxyl groups is 1. The van der Waals surface area contributed by atoms with Crippen LogP contribution in [0.2, 0.25) is 0 Å². The molecule has 2 aliphatic rings. The molecule has 0 aromatic carbocycles. The van der Waals surface area contributed by atoms with Gasteiger partial charge in [0.2, 0.25) is 0 Å². The molecule has 0 amide bonds. The predicted molar refractivity (Wildman–Crippen MR) is 51.6 cm³/mol. The largest absolute Gasteiger partial charge is 0.364 e. The van der Waals surface area contributed by atoms with Crippen LogP contribution in [0, 0.1) is 0 Å². The fraction of sp³-hybridized carbons (Fsp3) is 0.545. The molecule has 0 aromatic rings. The summed E-state index contributed by atoms with van der Waals surface area (Å²) in [5, 5.41) is 9.52. The lowest BCUT2D eigenvalue weighted by Crippen LogP contribution is -2.23. The van der Waals surface area contributed by atoms with Gasteiger partial charge in [0.05, 0.1) is 6.61 Å². The molecule has 1 N–H and O–H groups in total. The van der Waals surface area contributed by atoms with Gasteiger partial charge >= 0.3 is 0 Å². The molecule has 14 heavy (non-hydrogen) atoms. The van der Waals surface area contributed by atoms with E-state index in [0.717, 1.165) is 23.1 Å². The lowest BCUT2D eigenvalue weighted by molar-refractivity contribution is -0.115. The van der Waals surface area contributed by atoms with E-state index in [9.17, 15) is 9.90 Å². The lowest BCUT2D eigenvalue weighted by Gasteiger charge is -2.22. The van der Waals surface area contributed by atoms with Gasteiger partial charge in [-0.25, -0.2) is 0 Å². The molecule has 0 radical (unpaired) electrons. The second-order valence-corrected chi connectivity index (χ2v) is 3.62. The summed E-state index contributed by atoms with van der Waals surface area (Å²) >= 11 is 0. The van der Waals surface area contributed by atoms with E-state index < -0.39 is 6.29 Å². The molecule has 2 rings (SSSR count). The molecular weight excluding hydrogens is 180 g/mol. The van der Waals surface area contributed by atoms with Crippen LogP contribution in [0.5, 0.6) is 0 Å². The minimum atomic E-state index is -0.856. The fourth-order valence-corrected chi connectivity index (χ4v) is 2.06. The van der Waals surface area contributed by atoms with Crippen LogP contribution in [0.4, 0.5) is 0 Å². The smallest absolute Gasteiger partial charge is 0.178 e. The summed E-state index contributed by atoms with van der Waals surface area (Å²) in [5.74, 6) is 0.155. The Labute approximate surface area is 83.1 Å². The molecule has 0 fully saturated rings. The van der Waals surface area contributed by atoms with Crippen LogP contribution >= 0.6 is 0 Å². The highest BCUT2D eigenvalue weighted by molar-refractivity contribution is 6.03. The molecule has 0 unspecified atom stereocenters. The van der Waals surface area contributed by atoms with Crippen LogP contribution in [0.25, 0.3) is 0 Å². The molecule has 3 nitrogen and oxygen atoms in total. The van der Waals surface area contributed by atoms with Crippen molar-refractivity contribution in [2.24, 2.45) is 0 Å². The molecule has 1 atom stereocenters. The third-order valence-electron chi connectivity index (χ3n) is 2.69. The molecule has 76 valence electrons. The SMILES string of the molecule is CCC=C1CO[C@H](O)C2=C1C(=O)CC2. The molecule has 1 aliphatic heterocycles. The number of aliphatic hydroxyl groups excluding tert-OH is 1. The van der Waals surface area contributed by atoms with E-state index in [1.807, 2.05) is 13.0 Å². The maximum Gasteiger partial charge on any atom is 0.178 e. The van der Waals surface area contributed by atoms with Crippen molar-refractivity contribution in [3.8, 4) is 0 Å². The average Bonchev–Trinajstić information content (AvgIpc) is 2.55. The van der Waals surface area contributed by atoms with Crippen LogP contribution in [0.1, 0.15) is 26.2 Å². The fourth-order valence-electron chi connectivity index (χ4n) is 2.06. The number of carbonyl (C=O) groups excluding carboxylic acids is 1. The average molecular weight is 194 g/mol. The van der Waals surface area contributed by atoms with Crippen LogP contribution in [0.15, 0.2) is 22.8 Å². The highest BCUT2D eigenvalue weighted by Crippen LogP contribution is 2.34. The topological polar surface area (TPSA) is 46.5 Å². The second-order valence-electron chi connectivity index (χ2n) is 3.62. The van der Waals surface area contributed by atoms with Gasteiger partial charge in [0.1, 0.15) is 0 Å². The zero-order valence-electron chi connectivity index (χ0n) is 8.25. The third-order valence-corrected chi connectivity index (χ3v) is 2.69. The van der Waals surface area contributed by atoms with Gasteiger partial charge in [-0.15, -0.1) is 0 Å². The normalized spacial score (nSPS) is 30.0. The number of ether oxygens (including phenoxy) is 1. The van der Waals surface area contributed by atoms with Crippen molar-refractivity contribution in [3.63, 3.8) is 0 Å². The van der Waals surface area contributed by atoms with Crippen molar-refractivity contribution in [3.05, 3.63) is 22.8 Å². The number of ketones is 1. The van der Waals surface area contributed by atoms with E-state index in [1.165, 1.54) is 0 Å². The summed E-state index contributed by atoms with van der Waals surface area (Å²) in [7, 11) is 0. The molecule has 0 bridgehead atoms. The lowest BCUT2D eigenvalue weighted by atomic mass is 9.98. The summed E-state index contributed by atoms with van der Waals surface area (Å²) in [5.41, 5.74) is 2.47. The highest BCUT2D eigenvalue weighted by atomic mass is 16.6. The Kier molecular flexibility index (Phi) is 2.52. The molecule has 0 aromatic heterocycles. The van der Waals surface area contributed by atoms with Crippen molar-refractivity contribution in [1.29, 1.82) is 0 Å².